The lowest BCUT2D eigenvalue weighted by atomic mass is 10.0. The average Bonchev–Trinajstić information content (AvgIpc) is 2.72. The second-order valence-corrected chi connectivity index (χ2v) is 7.26. The van der Waals surface area contributed by atoms with E-state index in [1.807, 2.05) is 36.4 Å². The van der Waals surface area contributed by atoms with Crippen LogP contribution in [0.3, 0.4) is 0 Å². The molecule has 1 amide bonds. The van der Waals surface area contributed by atoms with Crippen LogP contribution in [0.1, 0.15) is 42.9 Å². The van der Waals surface area contributed by atoms with Gasteiger partial charge in [0, 0.05) is 13.1 Å². The van der Waals surface area contributed by atoms with Crippen LogP contribution in [0.4, 0.5) is 0 Å². The number of benzene rings is 2. The Morgan fingerprint density at radius 3 is 2.41 bits per heavy atom. The third-order valence-corrected chi connectivity index (χ3v) is 5.13. The van der Waals surface area contributed by atoms with Crippen LogP contribution in [-0.4, -0.2) is 30.0 Å². The summed E-state index contributed by atoms with van der Waals surface area (Å²) < 4.78 is 5.71. The third kappa shape index (κ3) is 6.19. The first-order valence-corrected chi connectivity index (χ1v) is 9.95. The van der Waals surface area contributed by atoms with E-state index in [-0.39, 0.29) is 5.91 Å². The number of nitrogens with zero attached hydrogens (tertiary/aromatic N) is 1. The van der Waals surface area contributed by atoms with Crippen LogP contribution in [0.25, 0.3) is 0 Å². The van der Waals surface area contributed by atoms with E-state index in [1.165, 1.54) is 43.5 Å². The van der Waals surface area contributed by atoms with Gasteiger partial charge in [0.15, 0.2) is 0 Å². The Hall–Kier alpha value is -2.17. The topological polar surface area (TPSA) is 41.6 Å². The summed E-state index contributed by atoms with van der Waals surface area (Å²) in [6.45, 7) is 6.10. The highest BCUT2D eigenvalue weighted by atomic mass is 16.5. The molecule has 0 aromatic heterocycles. The molecule has 1 aliphatic rings. The Labute approximate surface area is 162 Å². The van der Waals surface area contributed by atoms with Crippen molar-refractivity contribution < 1.29 is 9.53 Å². The Morgan fingerprint density at radius 1 is 1.00 bits per heavy atom. The Balaban J connectivity index is 1.49. The van der Waals surface area contributed by atoms with Crippen molar-refractivity contribution in [3.63, 3.8) is 0 Å². The van der Waals surface area contributed by atoms with E-state index < -0.39 is 6.10 Å². The zero-order chi connectivity index (χ0) is 18.9. The second-order valence-electron chi connectivity index (χ2n) is 7.26. The molecular formula is C23H30N2O2. The van der Waals surface area contributed by atoms with Crippen LogP contribution in [0.5, 0.6) is 0 Å². The van der Waals surface area contributed by atoms with E-state index in [4.69, 9.17) is 4.74 Å². The first-order chi connectivity index (χ1) is 13.2. The molecule has 1 aliphatic heterocycles. The SMILES string of the molecule is CC(OCc1ccccc1)C(=O)NCc1ccccc1CN1CCCCC1. The first-order valence-electron chi connectivity index (χ1n) is 9.95. The number of carbonyl (C=O) groups is 1. The van der Waals surface area contributed by atoms with Crippen molar-refractivity contribution in [3.05, 3.63) is 71.3 Å². The summed E-state index contributed by atoms with van der Waals surface area (Å²) >= 11 is 0. The van der Waals surface area contributed by atoms with Crippen molar-refractivity contribution in [3.8, 4) is 0 Å². The fourth-order valence-corrected chi connectivity index (χ4v) is 3.44. The van der Waals surface area contributed by atoms with Crippen LogP contribution in [0, 0.1) is 0 Å². The lowest BCUT2D eigenvalue weighted by Gasteiger charge is -2.27. The van der Waals surface area contributed by atoms with E-state index in [9.17, 15) is 4.79 Å². The summed E-state index contributed by atoms with van der Waals surface area (Å²) in [5.74, 6) is -0.0706. The molecule has 1 N–H and O–H groups in total. The quantitative estimate of drug-likeness (QED) is 0.770. The fourth-order valence-electron chi connectivity index (χ4n) is 3.44. The summed E-state index contributed by atoms with van der Waals surface area (Å²) in [4.78, 5) is 14.9. The number of rotatable bonds is 8. The van der Waals surface area contributed by atoms with E-state index in [0.717, 1.165) is 12.1 Å². The molecule has 0 saturated carbocycles. The summed E-state index contributed by atoms with van der Waals surface area (Å²) in [6, 6.07) is 18.3. The van der Waals surface area contributed by atoms with Crippen molar-refractivity contribution in [2.75, 3.05) is 13.1 Å². The average molecular weight is 367 g/mol. The van der Waals surface area contributed by atoms with Crippen LogP contribution >= 0.6 is 0 Å². The van der Waals surface area contributed by atoms with Crippen LogP contribution in [0.15, 0.2) is 54.6 Å². The maximum Gasteiger partial charge on any atom is 0.249 e. The molecule has 144 valence electrons. The number of amides is 1. The highest BCUT2D eigenvalue weighted by Crippen LogP contribution is 2.16. The van der Waals surface area contributed by atoms with Crippen molar-refractivity contribution in [1.82, 2.24) is 10.2 Å². The van der Waals surface area contributed by atoms with Gasteiger partial charge in [0.05, 0.1) is 6.61 Å². The standard InChI is InChI=1S/C23H30N2O2/c1-19(27-18-20-10-4-2-5-11-20)23(26)24-16-21-12-6-7-13-22(21)17-25-14-8-3-9-15-25/h2,4-7,10-13,19H,3,8-9,14-18H2,1H3,(H,24,26). The monoisotopic (exact) mass is 366 g/mol. The zero-order valence-corrected chi connectivity index (χ0v) is 16.2. The van der Waals surface area contributed by atoms with Crippen LogP contribution in [-0.2, 0) is 29.2 Å². The molecule has 1 atom stereocenters. The van der Waals surface area contributed by atoms with Gasteiger partial charge >= 0.3 is 0 Å². The molecular weight excluding hydrogens is 336 g/mol. The zero-order valence-electron chi connectivity index (χ0n) is 16.2. The maximum atomic E-state index is 12.4. The summed E-state index contributed by atoms with van der Waals surface area (Å²) in [7, 11) is 0. The van der Waals surface area contributed by atoms with Gasteiger partial charge in [-0.15, -0.1) is 0 Å². The molecule has 0 radical (unpaired) electrons. The molecule has 3 rings (SSSR count). The number of hydrogen-bond acceptors (Lipinski definition) is 3. The van der Waals surface area contributed by atoms with Gasteiger partial charge in [0.25, 0.3) is 0 Å². The molecule has 1 saturated heterocycles. The van der Waals surface area contributed by atoms with Gasteiger partial charge < -0.3 is 10.1 Å². The van der Waals surface area contributed by atoms with Crippen LogP contribution in [0.2, 0.25) is 0 Å². The molecule has 1 unspecified atom stereocenters. The first kappa shape index (κ1) is 19.6. The van der Waals surface area contributed by atoms with Crippen molar-refractivity contribution in [2.24, 2.45) is 0 Å². The summed E-state index contributed by atoms with van der Waals surface area (Å²) in [5.41, 5.74) is 3.56. The molecule has 0 aliphatic carbocycles. The van der Waals surface area contributed by atoms with Gasteiger partial charge in [0.2, 0.25) is 5.91 Å². The fraction of sp³-hybridized carbons (Fsp3) is 0.435. The molecule has 0 bridgehead atoms. The van der Waals surface area contributed by atoms with E-state index in [1.54, 1.807) is 6.92 Å². The number of piperidine rings is 1. The Kier molecular flexibility index (Phi) is 7.43. The number of nitrogens with one attached hydrogen (secondary N) is 1. The smallest absolute Gasteiger partial charge is 0.249 e. The molecule has 4 heteroatoms. The van der Waals surface area contributed by atoms with Crippen molar-refractivity contribution in [1.29, 1.82) is 0 Å². The normalized spacial score (nSPS) is 16.0. The molecule has 0 spiro atoms. The van der Waals surface area contributed by atoms with E-state index >= 15 is 0 Å². The minimum Gasteiger partial charge on any atom is -0.364 e. The molecule has 4 nitrogen and oxygen atoms in total. The number of likely N-dealkylation sites (tertiary alicyclic amines) is 1. The van der Waals surface area contributed by atoms with Crippen molar-refractivity contribution >= 4 is 5.91 Å². The maximum absolute atomic E-state index is 12.4. The Morgan fingerprint density at radius 2 is 1.67 bits per heavy atom. The van der Waals surface area contributed by atoms with Gasteiger partial charge in [-0.2, -0.15) is 0 Å². The molecule has 2 aromatic carbocycles. The largest absolute Gasteiger partial charge is 0.364 e. The number of carbonyl (C=O) groups excluding carboxylic acids is 1. The van der Waals surface area contributed by atoms with Gasteiger partial charge in [-0.05, 0) is 49.5 Å². The van der Waals surface area contributed by atoms with Gasteiger partial charge in [0.1, 0.15) is 6.10 Å². The van der Waals surface area contributed by atoms with Gasteiger partial charge in [-0.3, -0.25) is 9.69 Å². The highest BCUT2D eigenvalue weighted by Gasteiger charge is 2.15. The van der Waals surface area contributed by atoms with Crippen LogP contribution < -0.4 is 5.32 Å². The van der Waals surface area contributed by atoms with E-state index in [2.05, 4.69) is 28.4 Å². The predicted molar refractivity (Wildman–Crippen MR) is 108 cm³/mol. The van der Waals surface area contributed by atoms with Gasteiger partial charge in [-0.1, -0.05) is 61.0 Å². The second kappa shape index (κ2) is 10.2. The Bertz CT molecular complexity index is 711. The van der Waals surface area contributed by atoms with Gasteiger partial charge in [-0.25, -0.2) is 0 Å². The summed E-state index contributed by atoms with van der Waals surface area (Å²) in [6.07, 6.45) is 3.44. The lowest BCUT2D eigenvalue weighted by Crippen LogP contribution is -2.34. The van der Waals surface area contributed by atoms with Crippen molar-refractivity contribution in [2.45, 2.75) is 52.0 Å². The number of ether oxygens (including phenoxy) is 1. The molecule has 1 heterocycles. The predicted octanol–water partition coefficient (Wildman–Crippen LogP) is 3.89. The molecule has 27 heavy (non-hydrogen) atoms. The van der Waals surface area contributed by atoms with E-state index in [0.29, 0.717) is 13.2 Å². The molecule has 1 fully saturated rings. The minimum atomic E-state index is -0.473. The summed E-state index contributed by atoms with van der Waals surface area (Å²) in [5, 5.41) is 3.03. The third-order valence-electron chi connectivity index (χ3n) is 5.13. The minimum absolute atomic E-state index is 0.0706. The number of hydrogen-bond donors (Lipinski definition) is 1. The lowest BCUT2D eigenvalue weighted by molar-refractivity contribution is -0.132. The highest BCUT2D eigenvalue weighted by molar-refractivity contribution is 5.80. The molecule has 2 aromatic rings.